The van der Waals surface area contributed by atoms with Crippen molar-refractivity contribution in [3.63, 3.8) is 0 Å². The second kappa shape index (κ2) is 6.86. The van der Waals surface area contributed by atoms with Crippen LogP contribution in [0.15, 0.2) is 30.3 Å². The maximum Gasteiger partial charge on any atom is 0.250 e. The number of likely N-dealkylation sites (N-methyl/N-ethyl adjacent to an activating group) is 1. The molecule has 2 aliphatic heterocycles. The van der Waals surface area contributed by atoms with Crippen molar-refractivity contribution in [3.05, 3.63) is 30.3 Å². The average Bonchev–Trinajstić information content (AvgIpc) is 3.32. The zero-order chi connectivity index (χ0) is 16.4. The molecule has 0 radical (unpaired) electrons. The van der Waals surface area contributed by atoms with Crippen molar-refractivity contribution in [2.75, 3.05) is 50.7 Å². The number of nitrogens with zero attached hydrogens (tertiary/aromatic N) is 7. The van der Waals surface area contributed by atoms with Gasteiger partial charge in [0.05, 0.1) is 5.69 Å². The molecule has 1 unspecified atom stereocenters. The molecule has 2 aromatic rings. The first-order valence-corrected chi connectivity index (χ1v) is 8.90. The molecule has 7 nitrogen and oxygen atoms in total. The van der Waals surface area contributed by atoms with E-state index in [2.05, 4.69) is 37.1 Å². The van der Waals surface area contributed by atoms with E-state index < -0.39 is 0 Å². The molecule has 0 saturated carbocycles. The van der Waals surface area contributed by atoms with Crippen LogP contribution in [0, 0.1) is 0 Å². The Balaban J connectivity index is 1.44. The van der Waals surface area contributed by atoms with Crippen LogP contribution in [-0.2, 0) is 0 Å². The van der Waals surface area contributed by atoms with Crippen molar-refractivity contribution in [1.29, 1.82) is 0 Å². The number of anilines is 1. The number of aromatic nitrogens is 4. The van der Waals surface area contributed by atoms with E-state index in [0.29, 0.717) is 6.04 Å². The van der Waals surface area contributed by atoms with Crippen LogP contribution in [0.3, 0.4) is 0 Å². The predicted octanol–water partition coefficient (Wildman–Crippen LogP) is 0.878. The molecule has 3 heterocycles. The molecule has 0 aliphatic carbocycles. The van der Waals surface area contributed by atoms with E-state index in [4.69, 9.17) is 0 Å². The predicted molar refractivity (Wildman–Crippen MR) is 93.5 cm³/mol. The van der Waals surface area contributed by atoms with E-state index in [0.717, 1.165) is 31.3 Å². The van der Waals surface area contributed by atoms with Gasteiger partial charge in [0.25, 0.3) is 0 Å². The number of tetrazole rings is 1. The van der Waals surface area contributed by atoms with Gasteiger partial charge in [-0.25, -0.2) is 0 Å². The molecule has 2 saturated heterocycles. The summed E-state index contributed by atoms with van der Waals surface area (Å²) in [6.07, 6.45) is 1.19. The Labute approximate surface area is 142 Å². The van der Waals surface area contributed by atoms with Crippen LogP contribution < -0.4 is 4.90 Å². The minimum atomic E-state index is 0.616. The number of hydrogen-bond acceptors (Lipinski definition) is 6. The van der Waals surface area contributed by atoms with Gasteiger partial charge in [-0.15, -0.1) is 0 Å². The first kappa shape index (κ1) is 15.5. The maximum absolute atomic E-state index is 4.28. The molecule has 1 aromatic carbocycles. The first-order chi connectivity index (χ1) is 11.8. The lowest BCUT2D eigenvalue weighted by atomic mass is 10.2. The highest BCUT2D eigenvalue weighted by Gasteiger charge is 2.32. The average molecular weight is 327 g/mol. The molecule has 2 fully saturated rings. The largest absolute Gasteiger partial charge is 0.338 e. The zero-order valence-corrected chi connectivity index (χ0v) is 14.3. The Morgan fingerprint density at radius 1 is 1.04 bits per heavy atom. The lowest BCUT2D eigenvalue weighted by Crippen LogP contribution is -2.50. The van der Waals surface area contributed by atoms with Gasteiger partial charge in [0.15, 0.2) is 0 Å². The number of para-hydroxylation sites is 1. The number of rotatable bonds is 4. The highest BCUT2D eigenvalue weighted by atomic mass is 15.6. The van der Waals surface area contributed by atoms with Crippen LogP contribution >= 0.6 is 0 Å². The molecule has 0 amide bonds. The van der Waals surface area contributed by atoms with Gasteiger partial charge in [0, 0.05) is 45.3 Å². The lowest BCUT2D eigenvalue weighted by molar-refractivity contribution is 0.107. The lowest BCUT2D eigenvalue weighted by Gasteiger charge is -2.37. The smallest absolute Gasteiger partial charge is 0.250 e. The van der Waals surface area contributed by atoms with Crippen LogP contribution in [0.5, 0.6) is 0 Å². The Kier molecular flexibility index (Phi) is 4.44. The summed E-state index contributed by atoms with van der Waals surface area (Å²) in [5.41, 5.74) is 1.01. The van der Waals surface area contributed by atoms with Gasteiger partial charge in [-0.1, -0.05) is 30.2 Å². The van der Waals surface area contributed by atoms with Gasteiger partial charge in [-0.3, -0.25) is 4.90 Å². The summed E-state index contributed by atoms with van der Waals surface area (Å²) in [6.45, 7) is 10.2. The monoisotopic (exact) mass is 327 g/mol. The number of benzene rings is 1. The Morgan fingerprint density at radius 3 is 2.58 bits per heavy atom. The summed E-state index contributed by atoms with van der Waals surface area (Å²) in [5.74, 6) is 0.857. The van der Waals surface area contributed by atoms with E-state index >= 15 is 0 Å². The van der Waals surface area contributed by atoms with Crippen molar-refractivity contribution in [2.24, 2.45) is 0 Å². The van der Waals surface area contributed by atoms with Gasteiger partial charge in [-0.2, -0.15) is 4.68 Å². The third-order valence-corrected chi connectivity index (χ3v) is 5.27. The fourth-order valence-corrected chi connectivity index (χ4v) is 3.78. The van der Waals surface area contributed by atoms with Crippen molar-refractivity contribution in [3.8, 4) is 5.69 Å². The van der Waals surface area contributed by atoms with Crippen LogP contribution in [0.1, 0.15) is 13.3 Å². The summed E-state index contributed by atoms with van der Waals surface area (Å²) in [7, 11) is 0. The molecular formula is C17H25N7. The van der Waals surface area contributed by atoms with E-state index in [9.17, 15) is 0 Å². The molecular weight excluding hydrogens is 302 g/mol. The first-order valence-electron chi connectivity index (χ1n) is 8.90. The number of hydrogen-bond donors (Lipinski definition) is 0. The minimum Gasteiger partial charge on any atom is -0.338 e. The molecule has 2 aliphatic rings. The fraction of sp³-hybridized carbons (Fsp3) is 0.588. The molecule has 0 bridgehead atoms. The van der Waals surface area contributed by atoms with Gasteiger partial charge >= 0.3 is 0 Å². The van der Waals surface area contributed by atoms with E-state index in [1.165, 1.54) is 32.6 Å². The minimum absolute atomic E-state index is 0.616. The van der Waals surface area contributed by atoms with Crippen molar-refractivity contribution in [2.45, 2.75) is 19.4 Å². The standard InChI is InChI=1S/C17H25N7/c1-2-21-10-12-22(13-11-21)16-8-9-23(14-16)17-18-19-20-24(17)15-6-4-3-5-7-15/h3-7,16H,2,8-14H2,1H3. The maximum atomic E-state index is 4.28. The fourth-order valence-electron chi connectivity index (χ4n) is 3.78. The van der Waals surface area contributed by atoms with Crippen LogP contribution in [0.25, 0.3) is 5.69 Å². The summed E-state index contributed by atoms with van der Waals surface area (Å²) in [4.78, 5) is 7.49. The third kappa shape index (κ3) is 3.01. The SMILES string of the molecule is CCN1CCN(C2CCN(c3nnnn3-c3ccccc3)C2)CC1. The van der Waals surface area contributed by atoms with Crippen LogP contribution in [0.4, 0.5) is 5.95 Å². The highest BCUT2D eigenvalue weighted by molar-refractivity contribution is 5.41. The number of piperazine rings is 1. The molecule has 0 N–H and O–H groups in total. The molecule has 1 atom stereocenters. The van der Waals surface area contributed by atoms with Gasteiger partial charge in [0.1, 0.15) is 0 Å². The molecule has 0 spiro atoms. The van der Waals surface area contributed by atoms with Gasteiger partial charge in [0.2, 0.25) is 5.95 Å². The normalized spacial score (nSPS) is 23.0. The Bertz CT molecular complexity index is 648. The Hall–Kier alpha value is -1.99. The highest BCUT2D eigenvalue weighted by Crippen LogP contribution is 2.23. The molecule has 4 rings (SSSR count). The second-order valence-corrected chi connectivity index (χ2v) is 6.58. The van der Waals surface area contributed by atoms with Gasteiger partial charge < -0.3 is 9.80 Å². The summed E-state index contributed by atoms with van der Waals surface area (Å²) >= 11 is 0. The third-order valence-electron chi connectivity index (χ3n) is 5.27. The van der Waals surface area contributed by atoms with Crippen LogP contribution in [-0.4, -0.2) is 81.9 Å². The summed E-state index contributed by atoms with van der Waals surface area (Å²) < 4.78 is 1.84. The molecule has 24 heavy (non-hydrogen) atoms. The van der Waals surface area contributed by atoms with E-state index in [1.54, 1.807) is 0 Å². The second-order valence-electron chi connectivity index (χ2n) is 6.58. The van der Waals surface area contributed by atoms with Gasteiger partial charge in [-0.05, 0) is 35.5 Å². The topological polar surface area (TPSA) is 53.3 Å². The van der Waals surface area contributed by atoms with Crippen molar-refractivity contribution >= 4 is 5.95 Å². The van der Waals surface area contributed by atoms with E-state index in [-0.39, 0.29) is 0 Å². The summed E-state index contributed by atoms with van der Waals surface area (Å²) in [6, 6.07) is 10.7. The summed E-state index contributed by atoms with van der Waals surface area (Å²) in [5, 5.41) is 12.4. The molecule has 7 heteroatoms. The van der Waals surface area contributed by atoms with E-state index in [1.807, 2.05) is 35.0 Å². The zero-order valence-electron chi connectivity index (χ0n) is 14.3. The molecule has 128 valence electrons. The Morgan fingerprint density at radius 2 is 1.83 bits per heavy atom. The van der Waals surface area contributed by atoms with Crippen molar-refractivity contribution in [1.82, 2.24) is 30.0 Å². The quantitative estimate of drug-likeness (QED) is 0.831. The molecule has 1 aromatic heterocycles. The van der Waals surface area contributed by atoms with Crippen LogP contribution in [0.2, 0.25) is 0 Å². The van der Waals surface area contributed by atoms with Crippen molar-refractivity contribution < 1.29 is 0 Å².